The van der Waals surface area contributed by atoms with Crippen LogP contribution in [0.2, 0.25) is 0 Å². The number of nitrogens with zero attached hydrogens (tertiary/aromatic N) is 1. The van der Waals surface area contributed by atoms with Gasteiger partial charge in [0.1, 0.15) is 5.88 Å². The summed E-state index contributed by atoms with van der Waals surface area (Å²) in [6, 6.07) is 0. The summed E-state index contributed by atoms with van der Waals surface area (Å²) in [5, 5.41) is 2.57. The van der Waals surface area contributed by atoms with Crippen LogP contribution in [0.3, 0.4) is 0 Å². The lowest BCUT2D eigenvalue weighted by atomic mass is 10.4. The Balaban J connectivity index is 3.80. The summed E-state index contributed by atoms with van der Waals surface area (Å²) in [7, 11) is -3.13. The smallest absolute Gasteiger partial charge is 0.234 e. The minimum atomic E-state index is -3.13. The molecular formula is C8H17ClN2O3S. The van der Waals surface area contributed by atoms with E-state index in [1.807, 2.05) is 0 Å². The van der Waals surface area contributed by atoms with Gasteiger partial charge < -0.3 is 5.32 Å². The van der Waals surface area contributed by atoms with Crippen molar-refractivity contribution in [1.29, 1.82) is 0 Å². The monoisotopic (exact) mass is 256 g/mol. The molecule has 0 aromatic heterocycles. The molecule has 0 aromatic rings. The Labute approximate surface area is 95.8 Å². The van der Waals surface area contributed by atoms with Crippen LogP contribution in [0.25, 0.3) is 0 Å². The van der Waals surface area contributed by atoms with Gasteiger partial charge >= 0.3 is 0 Å². The molecular weight excluding hydrogens is 240 g/mol. The van der Waals surface area contributed by atoms with Gasteiger partial charge in [0.15, 0.2) is 0 Å². The first kappa shape index (κ1) is 14.7. The van der Waals surface area contributed by atoms with Crippen LogP contribution in [0.1, 0.15) is 13.3 Å². The highest BCUT2D eigenvalue weighted by atomic mass is 35.5. The molecule has 7 heteroatoms. The average molecular weight is 257 g/mol. The highest BCUT2D eigenvalue weighted by Crippen LogP contribution is 1.97. The highest BCUT2D eigenvalue weighted by Gasteiger charge is 2.13. The van der Waals surface area contributed by atoms with Crippen LogP contribution in [-0.2, 0) is 14.8 Å². The molecule has 90 valence electrons. The third-order valence-electron chi connectivity index (χ3n) is 1.85. The van der Waals surface area contributed by atoms with Crippen LogP contribution in [0, 0.1) is 0 Å². The summed E-state index contributed by atoms with van der Waals surface area (Å²) in [6.45, 7) is 3.08. The van der Waals surface area contributed by atoms with E-state index in [1.165, 1.54) is 10.6 Å². The van der Waals surface area contributed by atoms with Gasteiger partial charge in [-0.1, -0.05) is 6.92 Å². The molecule has 0 radical (unpaired) electrons. The molecule has 0 fully saturated rings. The third kappa shape index (κ3) is 6.70. The second-order valence-corrected chi connectivity index (χ2v) is 5.34. The van der Waals surface area contributed by atoms with Crippen LogP contribution in [0.4, 0.5) is 0 Å². The Morgan fingerprint density at radius 3 is 2.47 bits per heavy atom. The van der Waals surface area contributed by atoms with Crippen molar-refractivity contribution in [3.8, 4) is 0 Å². The largest absolute Gasteiger partial charge is 0.355 e. The average Bonchev–Trinajstić information content (AvgIpc) is 2.15. The predicted molar refractivity (Wildman–Crippen MR) is 60.4 cm³/mol. The molecule has 0 saturated carbocycles. The van der Waals surface area contributed by atoms with Gasteiger partial charge in [0.05, 0.1) is 6.26 Å². The molecule has 1 amide bonds. The molecule has 0 spiro atoms. The fraction of sp³-hybridized carbons (Fsp3) is 0.875. The van der Waals surface area contributed by atoms with Crippen molar-refractivity contribution >= 4 is 27.5 Å². The standard InChI is InChI=1S/C8H17ClN2O3S/c1-3-11(15(2,13)14)6-4-5-10-8(12)7-9/h3-7H2,1-2H3,(H,10,12). The second-order valence-electron chi connectivity index (χ2n) is 3.09. The maximum atomic E-state index is 11.2. The molecule has 0 saturated heterocycles. The molecule has 0 rings (SSSR count). The summed E-state index contributed by atoms with van der Waals surface area (Å²) in [4.78, 5) is 10.7. The summed E-state index contributed by atoms with van der Waals surface area (Å²) in [5.74, 6) is -0.303. The Kier molecular flexibility index (Phi) is 6.87. The Morgan fingerprint density at radius 1 is 1.47 bits per heavy atom. The van der Waals surface area contributed by atoms with E-state index >= 15 is 0 Å². The van der Waals surface area contributed by atoms with Crippen molar-refractivity contribution in [2.45, 2.75) is 13.3 Å². The minimum absolute atomic E-state index is 0.0659. The van der Waals surface area contributed by atoms with Crippen LogP contribution in [-0.4, -0.2) is 50.4 Å². The Morgan fingerprint density at radius 2 is 2.07 bits per heavy atom. The number of rotatable bonds is 7. The SMILES string of the molecule is CCN(CCCNC(=O)CCl)S(C)(=O)=O. The Bertz CT molecular complexity index is 292. The van der Waals surface area contributed by atoms with Crippen molar-refractivity contribution in [1.82, 2.24) is 9.62 Å². The number of carbonyl (C=O) groups is 1. The van der Waals surface area contributed by atoms with E-state index in [2.05, 4.69) is 5.32 Å². The molecule has 5 nitrogen and oxygen atoms in total. The maximum Gasteiger partial charge on any atom is 0.234 e. The zero-order valence-electron chi connectivity index (χ0n) is 8.99. The zero-order chi connectivity index (χ0) is 11.9. The first-order chi connectivity index (χ1) is 6.91. The summed E-state index contributed by atoms with van der Waals surface area (Å²) in [5.41, 5.74) is 0. The number of amides is 1. The maximum absolute atomic E-state index is 11.2. The number of alkyl halides is 1. The molecule has 15 heavy (non-hydrogen) atoms. The molecule has 0 aliphatic rings. The van der Waals surface area contributed by atoms with Gasteiger partial charge in [-0.05, 0) is 6.42 Å². The lowest BCUT2D eigenvalue weighted by molar-refractivity contribution is -0.118. The van der Waals surface area contributed by atoms with E-state index in [9.17, 15) is 13.2 Å². The number of halogens is 1. The van der Waals surface area contributed by atoms with Crippen LogP contribution in [0.15, 0.2) is 0 Å². The second kappa shape index (κ2) is 7.03. The molecule has 1 N–H and O–H groups in total. The number of hydrogen-bond acceptors (Lipinski definition) is 3. The fourth-order valence-electron chi connectivity index (χ4n) is 1.09. The fourth-order valence-corrected chi connectivity index (χ4v) is 2.11. The normalized spacial score (nSPS) is 11.7. The van der Waals surface area contributed by atoms with Crippen molar-refractivity contribution in [3.05, 3.63) is 0 Å². The summed E-state index contributed by atoms with van der Waals surface area (Å²) in [6.07, 6.45) is 1.76. The Hall–Kier alpha value is -0.330. The van der Waals surface area contributed by atoms with Gasteiger partial charge in [0.25, 0.3) is 0 Å². The topological polar surface area (TPSA) is 66.5 Å². The number of sulfonamides is 1. The predicted octanol–water partition coefficient (Wildman–Crippen LogP) is 0.0130. The molecule has 0 unspecified atom stereocenters. The first-order valence-corrected chi connectivity index (χ1v) is 7.08. The van der Waals surface area contributed by atoms with E-state index < -0.39 is 10.0 Å². The van der Waals surface area contributed by atoms with Crippen LogP contribution < -0.4 is 5.32 Å². The number of hydrogen-bond donors (Lipinski definition) is 1. The third-order valence-corrected chi connectivity index (χ3v) is 3.47. The number of nitrogens with one attached hydrogen (secondary N) is 1. The van der Waals surface area contributed by atoms with Gasteiger partial charge in [0, 0.05) is 19.6 Å². The van der Waals surface area contributed by atoms with E-state index in [4.69, 9.17) is 11.6 Å². The van der Waals surface area contributed by atoms with Crippen molar-refractivity contribution in [2.75, 3.05) is 31.8 Å². The minimum Gasteiger partial charge on any atom is -0.355 e. The molecule has 0 aromatic carbocycles. The van der Waals surface area contributed by atoms with Gasteiger partial charge in [-0.15, -0.1) is 11.6 Å². The summed E-state index contributed by atoms with van der Waals surface area (Å²) >= 11 is 5.28. The molecule has 0 aliphatic heterocycles. The van der Waals surface area contributed by atoms with Crippen molar-refractivity contribution in [2.24, 2.45) is 0 Å². The van der Waals surface area contributed by atoms with E-state index in [0.29, 0.717) is 26.1 Å². The van der Waals surface area contributed by atoms with Gasteiger partial charge in [0.2, 0.25) is 15.9 Å². The van der Waals surface area contributed by atoms with Crippen molar-refractivity contribution < 1.29 is 13.2 Å². The lowest BCUT2D eigenvalue weighted by Crippen LogP contribution is -2.33. The van der Waals surface area contributed by atoms with E-state index in [-0.39, 0.29) is 11.8 Å². The quantitative estimate of drug-likeness (QED) is 0.516. The van der Waals surface area contributed by atoms with Gasteiger partial charge in [-0.3, -0.25) is 4.79 Å². The molecule has 0 aliphatic carbocycles. The summed E-state index contributed by atoms with van der Waals surface area (Å²) < 4.78 is 23.7. The van der Waals surface area contributed by atoms with Crippen molar-refractivity contribution in [3.63, 3.8) is 0 Å². The number of carbonyl (C=O) groups excluding carboxylic acids is 1. The van der Waals surface area contributed by atoms with Crippen LogP contribution >= 0.6 is 11.6 Å². The van der Waals surface area contributed by atoms with Crippen LogP contribution in [0.5, 0.6) is 0 Å². The molecule has 0 bridgehead atoms. The molecule has 0 atom stereocenters. The van der Waals surface area contributed by atoms with E-state index in [0.717, 1.165) is 0 Å². The molecule has 0 heterocycles. The lowest BCUT2D eigenvalue weighted by Gasteiger charge is -2.17. The van der Waals surface area contributed by atoms with Gasteiger partial charge in [-0.25, -0.2) is 12.7 Å². The van der Waals surface area contributed by atoms with Gasteiger partial charge in [-0.2, -0.15) is 0 Å². The zero-order valence-corrected chi connectivity index (χ0v) is 10.6. The highest BCUT2D eigenvalue weighted by molar-refractivity contribution is 7.88. The first-order valence-electron chi connectivity index (χ1n) is 4.69. The van der Waals surface area contributed by atoms with E-state index in [1.54, 1.807) is 6.92 Å².